The minimum atomic E-state index is -0.424. The van der Waals surface area contributed by atoms with E-state index in [4.69, 9.17) is 0 Å². The molecule has 0 aliphatic rings. The first-order chi connectivity index (χ1) is 11.1. The molecule has 0 spiro atoms. The Morgan fingerprint density at radius 1 is 1.22 bits per heavy atom. The lowest BCUT2D eigenvalue weighted by Gasteiger charge is -2.16. The number of para-hydroxylation sites is 1. The molecule has 1 aromatic carbocycles. The Labute approximate surface area is 133 Å². The van der Waals surface area contributed by atoms with Gasteiger partial charge in [0.05, 0.1) is 16.8 Å². The average Bonchev–Trinajstić information content (AvgIpc) is 3.04. The van der Waals surface area contributed by atoms with Crippen LogP contribution in [0.1, 0.15) is 5.56 Å². The fourth-order valence-electron chi connectivity index (χ4n) is 2.34. The van der Waals surface area contributed by atoms with Gasteiger partial charge in [0.15, 0.2) is 0 Å². The lowest BCUT2D eigenvalue weighted by molar-refractivity contribution is -0.384. The molecule has 0 unspecified atom stereocenters. The molecule has 0 bridgehead atoms. The van der Waals surface area contributed by atoms with Crippen molar-refractivity contribution in [3.05, 3.63) is 76.7 Å². The molecule has 0 saturated carbocycles. The number of hydrogen-bond acceptors (Lipinski definition) is 5. The van der Waals surface area contributed by atoms with Gasteiger partial charge in [0.1, 0.15) is 0 Å². The molecule has 116 valence electrons. The number of benzene rings is 1. The number of nitro groups is 1. The lowest BCUT2D eigenvalue weighted by Crippen LogP contribution is -2.18. The van der Waals surface area contributed by atoms with Gasteiger partial charge >= 0.3 is 5.69 Å². The molecule has 0 atom stereocenters. The molecule has 23 heavy (non-hydrogen) atoms. The number of pyridine rings is 1. The third-order valence-corrected chi connectivity index (χ3v) is 3.40. The zero-order valence-corrected chi connectivity index (χ0v) is 12.5. The Morgan fingerprint density at radius 3 is 2.74 bits per heavy atom. The first kappa shape index (κ1) is 14.7. The maximum absolute atomic E-state index is 11.1. The summed E-state index contributed by atoms with van der Waals surface area (Å²) in [4.78, 5) is 16.5. The van der Waals surface area contributed by atoms with E-state index < -0.39 is 4.92 Å². The molecule has 2 aromatic heterocycles. The predicted molar refractivity (Wildman–Crippen MR) is 86.6 cm³/mol. The summed E-state index contributed by atoms with van der Waals surface area (Å²) in [5.41, 5.74) is 1.90. The van der Waals surface area contributed by atoms with Crippen LogP contribution in [-0.2, 0) is 6.54 Å². The predicted octanol–water partition coefficient (Wildman–Crippen LogP) is 2.81. The Balaban J connectivity index is 1.80. The summed E-state index contributed by atoms with van der Waals surface area (Å²) in [7, 11) is 1.77. The van der Waals surface area contributed by atoms with Crippen LogP contribution in [0.2, 0.25) is 0 Å². The molecule has 7 heteroatoms. The van der Waals surface area contributed by atoms with Crippen LogP contribution in [0.3, 0.4) is 0 Å². The van der Waals surface area contributed by atoms with Gasteiger partial charge in [-0.2, -0.15) is 5.10 Å². The van der Waals surface area contributed by atoms with E-state index in [-0.39, 0.29) is 5.69 Å². The van der Waals surface area contributed by atoms with Gasteiger partial charge in [0.25, 0.3) is 0 Å². The molecule has 3 rings (SSSR count). The van der Waals surface area contributed by atoms with Crippen LogP contribution in [0.25, 0.3) is 5.69 Å². The quantitative estimate of drug-likeness (QED) is 0.535. The van der Waals surface area contributed by atoms with Crippen LogP contribution in [0.4, 0.5) is 11.5 Å². The summed E-state index contributed by atoms with van der Waals surface area (Å²) >= 11 is 0. The Bertz CT molecular complexity index is 816. The molecule has 0 N–H and O–H groups in total. The van der Waals surface area contributed by atoms with Crippen molar-refractivity contribution >= 4 is 11.5 Å². The van der Waals surface area contributed by atoms with E-state index >= 15 is 0 Å². The zero-order valence-electron chi connectivity index (χ0n) is 12.5. The lowest BCUT2D eigenvalue weighted by atomic mass is 10.3. The van der Waals surface area contributed by atoms with Crippen LogP contribution in [0.5, 0.6) is 0 Å². The zero-order chi connectivity index (χ0) is 16.2. The van der Waals surface area contributed by atoms with Gasteiger partial charge in [-0.15, -0.1) is 0 Å². The highest BCUT2D eigenvalue weighted by Crippen LogP contribution is 2.25. The Hall–Kier alpha value is -3.22. The number of rotatable bonds is 5. The standard InChI is InChI=1S/C16H15N5O2/c1-19(16-15(21(22)23)8-5-9-17-16)11-13-10-18-20(12-13)14-6-3-2-4-7-14/h2-10,12H,11H2,1H3. The fourth-order valence-corrected chi connectivity index (χ4v) is 2.34. The van der Waals surface area contributed by atoms with E-state index in [1.54, 1.807) is 35.1 Å². The van der Waals surface area contributed by atoms with Crippen molar-refractivity contribution in [1.29, 1.82) is 0 Å². The highest BCUT2D eigenvalue weighted by Gasteiger charge is 2.18. The Morgan fingerprint density at radius 2 is 2.00 bits per heavy atom. The van der Waals surface area contributed by atoms with Crippen molar-refractivity contribution < 1.29 is 4.92 Å². The second-order valence-corrected chi connectivity index (χ2v) is 5.09. The molecule has 0 fully saturated rings. The number of hydrogen-bond donors (Lipinski definition) is 0. The topological polar surface area (TPSA) is 77.1 Å². The summed E-state index contributed by atoms with van der Waals surface area (Å²) in [6.07, 6.45) is 5.20. The Kier molecular flexibility index (Phi) is 4.01. The smallest absolute Gasteiger partial charge is 0.311 e. The molecule has 2 heterocycles. The molecule has 0 amide bonds. The molecule has 0 radical (unpaired) electrons. The van der Waals surface area contributed by atoms with E-state index in [0.717, 1.165) is 11.3 Å². The van der Waals surface area contributed by atoms with E-state index in [2.05, 4.69) is 10.1 Å². The van der Waals surface area contributed by atoms with E-state index in [9.17, 15) is 10.1 Å². The van der Waals surface area contributed by atoms with Crippen LogP contribution in [0.15, 0.2) is 61.1 Å². The molecule has 7 nitrogen and oxygen atoms in total. The van der Waals surface area contributed by atoms with Crippen molar-refractivity contribution in [2.75, 3.05) is 11.9 Å². The van der Waals surface area contributed by atoms with Crippen molar-refractivity contribution in [3.63, 3.8) is 0 Å². The summed E-state index contributed by atoms with van der Waals surface area (Å²) < 4.78 is 1.77. The molecular weight excluding hydrogens is 294 g/mol. The number of anilines is 1. The summed E-state index contributed by atoms with van der Waals surface area (Å²) in [5, 5.41) is 15.4. The van der Waals surface area contributed by atoms with E-state index in [1.165, 1.54) is 6.07 Å². The van der Waals surface area contributed by atoms with Crippen molar-refractivity contribution in [1.82, 2.24) is 14.8 Å². The van der Waals surface area contributed by atoms with Crippen molar-refractivity contribution in [2.24, 2.45) is 0 Å². The molecule has 0 saturated heterocycles. The van der Waals surface area contributed by atoms with Gasteiger partial charge in [0.2, 0.25) is 5.82 Å². The number of nitrogens with zero attached hydrogens (tertiary/aromatic N) is 5. The fraction of sp³-hybridized carbons (Fsp3) is 0.125. The van der Waals surface area contributed by atoms with Gasteiger partial charge in [-0.05, 0) is 18.2 Å². The average molecular weight is 309 g/mol. The van der Waals surface area contributed by atoms with Gasteiger partial charge in [-0.3, -0.25) is 10.1 Å². The van der Waals surface area contributed by atoms with Crippen LogP contribution in [-0.4, -0.2) is 26.7 Å². The van der Waals surface area contributed by atoms with Crippen LogP contribution in [0, 0.1) is 10.1 Å². The highest BCUT2D eigenvalue weighted by molar-refractivity contribution is 5.56. The first-order valence-electron chi connectivity index (χ1n) is 7.04. The molecule has 0 aliphatic carbocycles. The van der Waals surface area contributed by atoms with Crippen LogP contribution >= 0.6 is 0 Å². The van der Waals surface area contributed by atoms with Gasteiger partial charge < -0.3 is 4.90 Å². The van der Waals surface area contributed by atoms with E-state index in [1.807, 2.05) is 36.5 Å². The van der Waals surface area contributed by atoms with Gasteiger partial charge in [-0.1, -0.05) is 18.2 Å². The van der Waals surface area contributed by atoms with E-state index in [0.29, 0.717) is 12.4 Å². The first-order valence-corrected chi connectivity index (χ1v) is 7.04. The largest absolute Gasteiger partial charge is 0.350 e. The molecule has 0 aliphatic heterocycles. The molecule has 3 aromatic rings. The summed E-state index contributed by atoms with van der Waals surface area (Å²) in [5.74, 6) is 0.338. The summed E-state index contributed by atoms with van der Waals surface area (Å²) in [6.45, 7) is 0.477. The van der Waals surface area contributed by atoms with Gasteiger partial charge in [0, 0.05) is 37.6 Å². The third-order valence-electron chi connectivity index (χ3n) is 3.40. The second kappa shape index (κ2) is 6.27. The monoisotopic (exact) mass is 309 g/mol. The second-order valence-electron chi connectivity index (χ2n) is 5.09. The minimum absolute atomic E-state index is 0.00884. The van der Waals surface area contributed by atoms with Crippen LogP contribution < -0.4 is 4.90 Å². The van der Waals surface area contributed by atoms with Crippen molar-refractivity contribution in [3.8, 4) is 5.69 Å². The molecular formula is C16H15N5O2. The van der Waals surface area contributed by atoms with Gasteiger partial charge in [-0.25, -0.2) is 9.67 Å². The normalized spacial score (nSPS) is 10.5. The maximum Gasteiger partial charge on any atom is 0.311 e. The number of aromatic nitrogens is 3. The highest BCUT2D eigenvalue weighted by atomic mass is 16.6. The SMILES string of the molecule is CN(Cc1cnn(-c2ccccc2)c1)c1ncccc1[N+](=O)[O-]. The third kappa shape index (κ3) is 3.18. The minimum Gasteiger partial charge on any atom is -0.350 e. The van der Waals surface area contributed by atoms with Crippen molar-refractivity contribution in [2.45, 2.75) is 6.54 Å². The summed E-state index contributed by atoms with van der Waals surface area (Å²) in [6, 6.07) is 12.8. The maximum atomic E-state index is 11.1.